The summed E-state index contributed by atoms with van der Waals surface area (Å²) in [6.45, 7) is 22.8. The second-order valence-corrected chi connectivity index (χ2v) is 20.3. The Morgan fingerprint density at radius 2 is 1.27 bits per heavy atom. The molecule has 0 saturated heterocycles. The number of hydrogen-bond donors (Lipinski definition) is 0. The minimum atomic E-state index is -0.605. The Hall–Kier alpha value is -4.07. The fourth-order valence-electron chi connectivity index (χ4n) is 6.84. The Labute approximate surface area is 352 Å². The summed E-state index contributed by atoms with van der Waals surface area (Å²) >= 11 is -0.605. The van der Waals surface area contributed by atoms with Crippen molar-refractivity contribution in [3.05, 3.63) is 151 Å². The van der Waals surface area contributed by atoms with E-state index in [2.05, 4.69) is 169 Å². The third-order valence-electron chi connectivity index (χ3n) is 10.0. The molecular formula is C48H47N4OPtTe-3. The molecule has 0 fully saturated rings. The van der Waals surface area contributed by atoms with Crippen LogP contribution < -0.4 is 26.7 Å². The number of para-hydroxylation sites is 1. The van der Waals surface area contributed by atoms with Crippen molar-refractivity contribution in [1.29, 1.82) is 0 Å². The maximum Gasteiger partial charge on any atom is 0 e. The summed E-state index contributed by atoms with van der Waals surface area (Å²) in [6, 6.07) is 46.2. The van der Waals surface area contributed by atoms with Crippen LogP contribution in [0.25, 0.3) is 0 Å². The predicted octanol–water partition coefficient (Wildman–Crippen LogP) is 11.2. The number of rotatable bonds is 5. The first-order chi connectivity index (χ1) is 25.6. The molecule has 2 aliphatic rings. The molecule has 7 heteroatoms. The van der Waals surface area contributed by atoms with E-state index in [1.807, 2.05) is 42.6 Å². The molecule has 0 radical (unpaired) electrons. The smallest absolute Gasteiger partial charge is 0 e. The van der Waals surface area contributed by atoms with Gasteiger partial charge in [0.15, 0.2) is 0 Å². The first-order valence-corrected chi connectivity index (χ1v) is 21.0. The maximum atomic E-state index is 6.59. The van der Waals surface area contributed by atoms with Crippen LogP contribution >= 0.6 is 0 Å². The summed E-state index contributed by atoms with van der Waals surface area (Å²) in [4.78, 5) is 11.5. The summed E-state index contributed by atoms with van der Waals surface area (Å²) in [6.07, 6.45) is 1.84. The van der Waals surface area contributed by atoms with Crippen molar-refractivity contribution in [2.45, 2.75) is 78.6 Å². The van der Waals surface area contributed by atoms with Gasteiger partial charge in [0, 0.05) is 21.1 Å². The van der Waals surface area contributed by atoms with Gasteiger partial charge in [0.05, 0.1) is 0 Å². The molecule has 5 aromatic carbocycles. The summed E-state index contributed by atoms with van der Waals surface area (Å²) in [5, 5.41) is 0. The summed E-state index contributed by atoms with van der Waals surface area (Å²) in [5.41, 5.74) is 10.4. The number of fused-ring (bicyclic) bond motifs is 3. The first kappa shape index (κ1) is 39.2. The van der Waals surface area contributed by atoms with Gasteiger partial charge < -0.3 is 0 Å². The van der Waals surface area contributed by atoms with E-state index in [9.17, 15) is 0 Å². The molecule has 2 aliphatic heterocycles. The Morgan fingerprint density at radius 3 is 1.96 bits per heavy atom. The molecule has 6 aromatic rings. The Kier molecular flexibility index (Phi) is 10.5. The quantitative estimate of drug-likeness (QED) is 0.127. The van der Waals surface area contributed by atoms with E-state index in [4.69, 9.17) is 9.72 Å². The fourth-order valence-corrected chi connectivity index (χ4v) is 9.76. The van der Waals surface area contributed by atoms with Crippen LogP contribution in [0.1, 0.15) is 79.0 Å². The van der Waals surface area contributed by atoms with Crippen LogP contribution in [0.15, 0.2) is 115 Å². The third kappa shape index (κ3) is 7.84. The molecule has 0 N–H and O–H groups in total. The van der Waals surface area contributed by atoms with Crippen molar-refractivity contribution in [3.63, 3.8) is 0 Å². The van der Waals surface area contributed by atoms with E-state index < -0.39 is 20.9 Å². The van der Waals surface area contributed by atoms with E-state index in [0.29, 0.717) is 11.5 Å². The van der Waals surface area contributed by atoms with Gasteiger partial charge in [-0.1, -0.05) is 68.4 Å². The van der Waals surface area contributed by atoms with Crippen LogP contribution in [0, 0.1) is 18.8 Å². The molecule has 0 aliphatic carbocycles. The van der Waals surface area contributed by atoms with Crippen LogP contribution in [-0.2, 0) is 37.3 Å². The molecule has 3 heterocycles. The summed E-state index contributed by atoms with van der Waals surface area (Å²) in [7, 11) is 0. The van der Waals surface area contributed by atoms with Gasteiger partial charge in [-0.05, 0) is 45.1 Å². The van der Waals surface area contributed by atoms with Crippen molar-refractivity contribution in [2.75, 3.05) is 14.7 Å². The average molecular weight is 1020 g/mol. The second-order valence-electron chi connectivity index (χ2n) is 17.2. The minimum absolute atomic E-state index is 0. The molecule has 0 atom stereocenters. The first-order valence-electron chi connectivity index (χ1n) is 18.6. The van der Waals surface area contributed by atoms with Crippen molar-refractivity contribution in [3.8, 4) is 11.5 Å². The molecule has 5 nitrogen and oxygen atoms in total. The summed E-state index contributed by atoms with van der Waals surface area (Å²) in [5.74, 6) is 2.14. The van der Waals surface area contributed by atoms with Crippen LogP contribution in [0.2, 0.25) is 0 Å². The fraction of sp³-hybridized carbons (Fsp3) is 0.250. The van der Waals surface area contributed by atoms with Gasteiger partial charge in [-0.25, -0.2) is 0 Å². The number of aromatic nitrogens is 1. The van der Waals surface area contributed by atoms with Crippen LogP contribution in [0.4, 0.5) is 39.9 Å². The second kappa shape index (κ2) is 14.8. The molecule has 284 valence electrons. The zero-order valence-electron chi connectivity index (χ0n) is 33.0. The molecule has 0 saturated carbocycles. The maximum absolute atomic E-state index is 6.59. The third-order valence-corrected chi connectivity index (χ3v) is 13.2. The number of ether oxygens (including phenoxy) is 1. The molecule has 1 aromatic heterocycles. The van der Waals surface area contributed by atoms with Crippen molar-refractivity contribution < 1.29 is 25.8 Å². The SMILES string of the molecule is CC(C)(C)c1cc(N2[CH-]N(c3[c-]c(Oc4[c-]c5c(cc4)[Te]c4ccccc4N5c4ccccn4)ccc3)c3ccc(C(C)(C)C)cc32)cc(C(C)(C)C)c1.[Pt]. The molecule has 0 bridgehead atoms. The van der Waals surface area contributed by atoms with Gasteiger partial charge >= 0.3 is 220 Å². The normalized spacial score (nSPS) is 13.9. The van der Waals surface area contributed by atoms with Crippen molar-refractivity contribution in [1.82, 2.24) is 4.98 Å². The van der Waals surface area contributed by atoms with E-state index >= 15 is 0 Å². The number of benzene rings is 5. The van der Waals surface area contributed by atoms with Gasteiger partial charge in [-0.3, -0.25) is 0 Å². The van der Waals surface area contributed by atoms with E-state index in [-0.39, 0.29) is 37.3 Å². The zero-order chi connectivity index (χ0) is 38.0. The van der Waals surface area contributed by atoms with Gasteiger partial charge in [-0.15, -0.1) is 0 Å². The van der Waals surface area contributed by atoms with E-state index in [0.717, 1.165) is 39.9 Å². The number of pyridine rings is 1. The van der Waals surface area contributed by atoms with Gasteiger partial charge in [0.25, 0.3) is 0 Å². The largest absolute Gasteiger partial charge is 0.0561 e. The van der Waals surface area contributed by atoms with Crippen molar-refractivity contribution >= 4 is 68.1 Å². The topological polar surface area (TPSA) is 31.8 Å². The Balaban J connectivity index is 0.00000465. The molecule has 0 unspecified atom stereocenters. The van der Waals surface area contributed by atoms with E-state index in [1.54, 1.807) is 0 Å². The number of anilines is 7. The molecule has 55 heavy (non-hydrogen) atoms. The van der Waals surface area contributed by atoms with Crippen LogP contribution in [0.3, 0.4) is 0 Å². The van der Waals surface area contributed by atoms with Gasteiger partial charge in [-0.2, -0.15) is 0 Å². The van der Waals surface area contributed by atoms with Crippen LogP contribution in [0.5, 0.6) is 11.5 Å². The zero-order valence-corrected chi connectivity index (χ0v) is 37.6. The monoisotopic (exact) mass is 1020 g/mol. The predicted molar refractivity (Wildman–Crippen MR) is 226 cm³/mol. The summed E-state index contributed by atoms with van der Waals surface area (Å²) < 4.78 is 9.28. The van der Waals surface area contributed by atoms with Crippen molar-refractivity contribution in [2.24, 2.45) is 0 Å². The van der Waals surface area contributed by atoms with Gasteiger partial charge in [0.1, 0.15) is 0 Å². The van der Waals surface area contributed by atoms with Crippen LogP contribution in [-0.4, -0.2) is 25.9 Å². The molecular weight excluding hydrogens is 971 g/mol. The minimum Gasteiger partial charge on any atom is -0.0561 e. The molecule has 0 spiro atoms. The molecule has 0 amide bonds. The van der Waals surface area contributed by atoms with E-state index in [1.165, 1.54) is 23.9 Å². The van der Waals surface area contributed by atoms with Gasteiger partial charge in [0.2, 0.25) is 0 Å². The molecule has 8 rings (SSSR count). The Bertz CT molecular complexity index is 2320. The number of nitrogens with zero attached hydrogens (tertiary/aromatic N) is 4. The standard InChI is InChI=1S/C48H47N4OTe.Pt/c1-46(2,3)32-20-22-39-41(28-32)51(36-26-33(47(4,5)6)25-34(27-36)48(7,8)9)31-50(39)35-15-14-16-37(29-35)53-38-21-23-44-42(30-38)52(45-19-12-13-24-49-45)40-17-10-11-18-43(40)54-44;/h10-28,31H,1-9H3;/q-3;. The number of hydrogen-bond acceptors (Lipinski definition) is 5. The Morgan fingerprint density at radius 1 is 0.582 bits per heavy atom. The average Bonchev–Trinajstić information content (AvgIpc) is 3.52.